The molecule has 3 heterocycles. The van der Waals surface area contributed by atoms with Crippen LogP contribution in [0.4, 0.5) is 11.4 Å². The van der Waals surface area contributed by atoms with E-state index in [4.69, 9.17) is 4.42 Å². The van der Waals surface area contributed by atoms with E-state index in [9.17, 15) is 0 Å². The van der Waals surface area contributed by atoms with Crippen molar-refractivity contribution in [3.05, 3.63) is 182 Å². The molecule has 11 rings (SSSR count). The Morgan fingerprint density at radius 3 is 2.02 bits per heavy atom. The monoisotopic (exact) mass is 679 g/mol. The van der Waals surface area contributed by atoms with Gasteiger partial charge in [-0.2, -0.15) is 0 Å². The minimum atomic E-state index is 0.00596. The molecule has 10 aromatic rings. The highest BCUT2D eigenvalue weighted by molar-refractivity contribution is 7.26. The zero-order chi connectivity index (χ0) is 34.2. The quantitative estimate of drug-likeness (QED) is 0.172. The van der Waals surface area contributed by atoms with Gasteiger partial charge in [-0.1, -0.05) is 151 Å². The number of nitrogens with zero attached hydrogens (tertiary/aromatic N) is 1. The second kappa shape index (κ2) is 11.6. The average molecular weight is 680 g/mol. The van der Waals surface area contributed by atoms with Crippen molar-refractivity contribution in [1.82, 2.24) is 0 Å². The van der Waals surface area contributed by atoms with E-state index in [0.717, 1.165) is 38.8 Å². The van der Waals surface area contributed by atoms with Crippen molar-refractivity contribution in [2.45, 2.75) is 0 Å². The molecule has 0 radical (unpaired) electrons. The highest BCUT2D eigenvalue weighted by Crippen LogP contribution is 2.45. The first kappa shape index (κ1) is 29.4. The van der Waals surface area contributed by atoms with Crippen LogP contribution in [0.5, 0.6) is 0 Å². The van der Waals surface area contributed by atoms with E-state index in [1.54, 1.807) is 0 Å². The lowest BCUT2D eigenvalue weighted by Crippen LogP contribution is -2.57. The minimum absolute atomic E-state index is 0.00596. The molecule has 0 fully saturated rings. The topological polar surface area (TPSA) is 16.4 Å². The highest BCUT2D eigenvalue weighted by Gasteiger charge is 2.37. The summed E-state index contributed by atoms with van der Waals surface area (Å²) in [5.41, 5.74) is 14.0. The molecule has 0 bridgehead atoms. The smallest absolute Gasteiger partial charge is 0.328 e. The maximum Gasteiger partial charge on any atom is 0.328 e. The fourth-order valence-corrected chi connectivity index (χ4v) is 9.63. The van der Waals surface area contributed by atoms with Crippen LogP contribution in [0.1, 0.15) is 0 Å². The molecule has 0 aliphatic carbocycles. The molecular weight excluding hydrogens is 649 g/mol. The van der Waals surface area contributed by atoms with Crippen LogP contribution in [0.3, 0.4) is 0 Å². The van der Waals surface area contributed by atoms with Gasteiger partial charge in [0.15, 0.2) is 0 Å². The number of fused-ring (bicyclic) bond motifs is 9. The van der Waals surface area contributed by atoms with E-state index in [-0.39, 0.29) is 6.85 Å². The van der Waals surface area contributed by atoms with Crippen molar-refractivity contribution in [3.8, 4) is 33.4 Å². The number of benzene rings is 8. The van der Waals surface area contributed by atoms with Crippen molar-refractivity contribution in [2.24, 2.45) is 0 Å². The molecule has 0 N–H and O–H groups in total. The first-order chi connectivity index (χ1) is 25.8. The zero-order valence-corrected chi connectivity index (χ0v) is 29.0. The molecule has 4 heteroatoms. The summed E-state index contributed by atoms with van der Waals surface area (Å²) in [6.45, 7) is 0.00596. The van der Waals surface area contributed by atoms with Crippen LogP contribution in [0.25, 0.3) is 75.5 Å². The zero-order valence-electron chi connectivity index (χ0n) is 28.2. The first-order valence-electron chi connectivity index (χ1n) is 17.8. The lowest BCUT2D eigenvalue weighted by molar-refractivity contribution is 0.670. The average Bonchev–Trinajstić information content (AvgIpc) is 3.79. The lowest BCUT2D eigenvalue weighted by atomic mass is 9.45. The summed E-state index contributed by atoms with van der Waals surface area (Å²) in [4.78, 5) is 2.53. The summed E-state index contributed by atoms with van der Waals surface area (Å²) in [5.74, 6) is 0. The molecule has 52 heavy (non-hydrogen) atoms. The molecule has 2 nitrogen and oxygen atoms in total. The van der Waals surface area contributed by atoms with E-state index < -0.39 is 0 Å². The third-order valence-electron chi connectivity index (χ3n) is 10.8. The number of hydrogen-bond donors (Lipinski definition) is 0. The highest BCUT2D eigenvalue weighted by atomic mass is 32.1. The fraction of sp³-hybridized carbons (Fsp3) is 0. The summed E-state index contributed by atoms with van der Waals surface area (Å²) in [5, 5.41) is 4.93. The molecule has 0 saturated heterocycles. The van der Waals surface area contributed by atoms with Crippen LogP contribution in [0, 0.1) is 0 Å². The fourth-order valence-electron chi connectivity index (χ4n) is 8.39. The largest absolute Gasteiger partial charge is 0.455 e. The molecule has 0 amide bonds. The molecule has 0 atom stereocenters. The predicted molar refractivity (Wildman–Crippen MR) is 223 cm³/mol. The second-order valence-corrected chi connectivity index (χ2v) is 14.7. The number of furan rings is 1. The van der Waals surface area contributed by atoms with Gasteiger partial charge in [0.1, 0.15) is 11.2 Å². The molecule has 2 aromatic heterocycles. The number of para-hydroxylation sites is 2. The van der Waals surface area contributed by atoms with E-state index >= 15 is 0 Å². The van der Waals surface area contributed by atoms with Gasteiger partial charge in [-0.25, -0.2) is 0 Å². The molecule has 0 unspecified atom stereocenters. The van der Waals surface area contributed by atoms with Gasteiger partial charge in [0, 0.05) is 53.4 Å². The van der Waals surface area contributed by atoms with Crippen LogP contribution >= 0.6 is 11.3 Å². The number of thiophene rings is 1. The van der Waals surface area contributed by atoms with E-state index in [1.807, 2.05) is 23.5 Å². The maximum absolute atomic E-state index is 6.43. The van der Waals surface area contributed by atoms with Gasteiger partial charge in [0.2, 0.25) is 0 Å². The van der Waals surface area contributed by atoms with Gasteiger partial charge in [-0.3, -0.25) is 0 Å². The number of rotatable bonds is 4. The lowest BCUT2D eigenvalue weighted by Gasteiger charge is -2.39. The molecule has 1 aliphatic heterocycles. The first-order valence-corrected chi connectivity index (χ1v) is 18.6. The van der Waals surface area contributed by atoms with Gasteiger partial charge in [0.05, 0.1) is 0 Å². The van der Waals surface area contributed by atoms with Gasteiger partial charge in [0.25, 0.3) is 0 Å². The van der Waals surface area contributed by atoms with Crippen LogP contribution in [0.15, 0.2) is 186 Å². The Morgan fingerprint density at radius 2 is 1.13 bits per heavy atom. The third-order valence-corrected chi connectivity index (χ3v) is 12.0. The molecule has 242 valence electrons. The predicted octanol–water partition coefficient (Wildman–Crippen LogP) is 12.2. The standard InChI is InChI=1S/C48H30BNOS/c1-2-12-33(13-3-1)49-43-21-7-4-14-37(43)42-30-32(36-18-11-20-41-39-16-6-9-23-46(39)52-48(36)41)26-29-44(42)50(49)34-27-24-31(25-28-34)35-17-10-19-40-38-15-5-8-22-45(38)51-47(35)40/h1-30H. The van der Waals surface area contributed by atoms with Crippen LogP contribution in [-0.2, 0) is 0 Å². The molecule has 0 saturated carbocycles. The number of hydrogen-bond acceptors (Lipinski definition) is 3. The number of anilines is 2. The van der Waals surface area contributed by atoms with Crippen LogP contribution < -0.4 is 15.7 Å². The van der Waals surface area contributed by atoms with Crippen molar-refractivity contribution >= 4 is 82.6 Å². The minimum Gasteiger partial charge on any atom is -0.455 e. The van der Waals surface area contributed by atoms with E-state index in [0.29, 0.717) is 0 Å². The van der Waals surface area contributed by atoms with Crippen molar-refractivity contribution in [1.29, 1.82) is 0 Å². The summed E-state index contributed by atoms with van der Waals surface area (Å²) in [6.07, 6.45) is 0. The Balaban J connectivity index is 1.09. The summed E-state index contributed by atoms with van der Waals surface area (Å²) >= 11 is 1.89. The Bertz CT molecular complexity index is 2980. The van der Waals surface area contributed by atoms with Gasteiger partial charge < -0.3 is 9.23 Å². The summed E-state index contributed by atoms with van der Waals surface area (Å²) in [7, 11) is 0. The molecule has 8 aromatic carbocycles. The summed E-state index contributed by atoms with van der Waals surface area (Å²) < 4.78 is 9.09. The van der Waals surface area contributed by atoms with Gasteiger partial charge in [-0.15, -0.1) is 11.3 Å². The molecule has 0 spiro atoms. The van der Waals surface area contributed by atoms with Crippen molar-refractivity contribution in [3.63, 3.8) is 0 Å². The normalized spacial score (nSPS) is 12.5. The van der Waals surface area contributed by atoms with Crippen molar-refractivity contribution in [2.75, 3.05) is 4.81 Å². The van der Waals surface area contributed by atoms with Gasteiger partial charge in [-0.05, 0) is 64.1 Å². The summed E-state index contributed by atoms with van der Waals surface area (Å²) in [6, 6.07) is 66.2. The molecule has 1 aliphatic rings. The van der Waals surface area contributed by atoms with Crippen molar-refractivity contribution < 1.29 is 4.42 Å². The third kappa shape index (κ3) is 4.44. The Hall–Kier alpha value is -6.36. The Morgan fingerprint density at radius 1 is 0.462 bits per heavy atom. The molecular formula is C48H30BNOS. The van der Waals surface area contributed by atoms with Crippen LogP contribution in [0.2, 0.25) is 0 Å². The SMILES string of the molecule is c1ccc(B2c3ccccc3-c3cc(-c4cccc5c4sc4ccccc45)ccc3N2c2ccc(-c3cccc4c3oc3ccccc34)cc2)cc1. The Labute approximate surface area is 305 Å². The maximum atomic E-state index is 6.43. The second-order valence-electron chi connectivity index (χ2n) is 13.6. The van der Waals surface area contributed by atoms with E-state index in [1.165, 1.54) is 59.0 Å². The van der Waals surface area contributed by atoms with Gasteiger partial charge >= 0.3 is 6.85 Å². The van der Waals surface area contributed by atoms with E-state index in [2.05, 4.69) is 175 Å². The Kier molecular flexibility index (Phi) is 6.55. The van der Waals surface area contributed by atoms with Crippen LogP contribution in [-0.4, -0.2) is 6.85 Å².